The molecule has 0 saturated carbocycles. The van der Waals surface area contributed by atoms with Gasteiger partial charge in [-0.2, -0.15) is 13.2 Å². The van der Waals surface area contributed by atoms with Gasteiger partial charge in [-0.1, -0.05) is 15.9 Å². The van der Waals surface area contributed by atoms with Crippen molar-refractivity contribution in [3.8, 4) is 11.5 Å². The molecule has 0 fully saturated rings. The molecule has 6 heteroatoms. The molecule has 0 heterocycles. The predicted octanol–water partition coefficient (Wildman–Crippen LogP) is 5.86. The van der Waals surface area contributed by atoms with Gasteiger partial charge in [-0.3, -0.25) is 0 Å². The number of rotatable bonds is 2. The van der Waals surface area contributed by atoms with Crippen molar-refractivity contribution < 1.29 is 17.9 Å². The van der Waals surface area contributed by atoms with Gasteiger partial charge in [0.05, 0.1) is 5.56 Å². The van der Waals surface area contributed by atoms with Gasteiger partial charge in [0.15, 0.2) is 0 Å². The zero-order chi connectivity index (χ0) is 14.0. The standard InChI is InChI=1S/C13H7BrF3IO/c14-8-1-6-12(11(7-8)13(15,16)17)19-10-4-2-9(18)3-5-10/h1-7H. The Bertz CT molecular complexity index is 581. The van der Waals surface area contributed by atoms with E-state index in [0.29, 0.717) is 10.2 Å². The Morgan fingerprint density at radius 1 is 1.00 bits per heavy atom. The van der Waals surface area contributed by atoms with Crippen LogP contribution in [0.1, 0.15) is 5.56 Å². The van der Waals surface area contributed by atoms with Crippen molar-refractivity contribution in [2.75, 3.05) is 0 Å². The van der Waals surface area contributed by atoms with Crippen LogP contribution in [0.2, 0.25) is 0 Å². The quantitative estimate of drug-likeness (QED) is 0.529. The van der Waals surface area contributed by atoms with Crippen LogP contribution in [0, 0.1) is 3.57 Å². The van der Waals surface area contributed by atoms with E-state index in [1.807, 2.05) is 0 Å². The van der Waals surface area contributed by atoms with Crippen molar-refractivity contribution in [3.63, 3.8) is 0 Å². The summed E-state index contributed by atoms with van der Waals surface area (Å²) < 4.78 is 45.3. The van der Waals surface area contributed by atoms with Crippen LogP contribution < -0.4 is 4.74 Å². The molecular formula is C13H7BrF3IO. The van der Waals surface area contributed by atoms with Crippen molar-refractivity contribution in [2.24, 2.45) is 0 Å². The summed E-state index contributed by atoms with van der Waals surface area (Å²) in [6.45, 7) is 0. The second-order valence-electron chi connectivity index (χ2n) is 3.69. The Kier molecular flexibility index (Phi) is 4.39. The minimum atomic E-state index is -4.46. The highest BCUT2D eigenvalue weighted by Gasteiger charge is 2.34. The second-order valence-corrected chi connectivity index (χ2v) is 5.86. The van der Waals surface area contributed by atoms with Crippen LogP contribution in [0.5, 0.6) is 11.5 Å². The summed E-state index contributed by atoms with van der Waals surface area (Å²) in [5.41, 5.74) is -0.805. The number of benzene rings is 2. The van der Waals surface area contributed by atoms with Crippen LogP contribution in [-0.4, -0.2) is 0 Å². The molecule has 1 nitrogen and oxygen atoms in total. The van der Waals surface area contributed by atoms with Gasteiger partial charge in [-0.15, -0.1) is 0 Å². The van der Waals surface area contributed by atoms with Gasteiger partial charge in [-0.05, 0) is 65.1 Å². The molecule has 2 aromatic rings. The maximum atomic E-state index is 12.9. The first-order chi connectivity index (χ1) is 8.86. The summed E-state index contributed by atoms with van der Waals surface area (Å²) in [5.74, 6) is 0.158. The molecule has 2 rings (SSSR count). The number of hydrogen-bond acceptors (Lipinski definition) is 1. The first-order valence-corrected chi connectivity index (χ1v) is 7.03. The minimum absolute atomic E-state index is 0.211. The van der Waals surface area contributed by atoms with E-state index in [2.05, 4.69) is 38.5 Å². The highest BCUT2D eigenvalue weighted by atomic mass is 127. The fraction of sp³-hybridized carbons (Fsp3) is 0.0769. The van der Waals surface area contributed by atoms with Crippen LogP contribution in [0.3, 0.4) is 0 Å². The maximum Gasteiger partial charge on any atom is 0.420 e. The summed E-state index contributed by atoms with van der Waals surface area (Å²) in [5, 5.41) is 0. The average molecular weight is 443 g/mol. The first kappa shape index (κ1) is 14.6. The van der Waals surface area contributed by atoms with Crippen molar-refractivity contribution in [1.82, 2.24) is 0 Å². The minimum Gasteiger partial charge on any atom is -0.457 e. The molecule has 0 amide bonds. The average Bonchev–Trinajstić information content (AvgIpc) is 2.33. The van der Waals surface area contributed by atoms with Gasteiger partial charge in [0.1, 0.15) is 11.5 Å². The third-order valence-electron chi connectivity index (χ3n) is 2.29. The molecule has 0 aliphatic heterocycles. The summed E-state index contributed by atoms with van der Waals surface area (Å²) in [7, 11) is 0. The lowest BCUT2D eigenvalue weighted by molar-refractivity contribution is -0.138. The predicted molar refractivity (Wildman–Crippen MR) is 78.4 cm³/mol. The number of ether oxygens (including phenoxy) is 1. The van der Waals surface area contributed by atoms with Crippen LogP contribution >= 0.6 is 38.5 Å². The number of hydrogen-bond donors (Lipinski definition) is 0. The van der Waals surface area contributed by atoms with Gasteiger partial charge in [-0.25, -0.2) is 0 Å². The van der Waals surface area contributed by atoms with Crippen LogP contribution in [-0.2, 0) is 6.18 Å². The SMILES string of the molecule is FC(F)(F)c1cc(Br)ccc1Oc1ccc(I)cc1. The number of halogens is 5. The molecule has 100 valence electrons. The van der Waals surface area contributed by atoms with E-state index in [9.17, 15) is 13.2 Å². The fourth-order valence-corrected chi connectivity index (χ4v) is 2.16. The van der Waals surface area contributed by atoms with Gasteiger partial charge < -0.3 is 4.74 Å². The lowest BCUT2D eigenvalue weighted by Gasteiger charge is -2.14. The van der Waals surface area contributed by atoms with Crippen molar-refractivity contribution >= 4 is 38.5 Å². The highest BCUT2D eigenvalue weighted by Crippen LogP contribution is 2.39. The summed E-state index contributed by atoms with van der Waals surface area (Å²) in [6, 6.07) is 10.6. The molecule has 0 aromatic heterocycles. The van der Waals surface area contributed by atoms with E-state index in [1.54, 1.807) is 24.3 Å². The fourth-order valence-electron chi connectivity index (χ4n) is 1.44. The Labute approximate surface area is 130 Å². The molecule has 0 unspecified atom stereocenters. The normalized spacial score (nSPS) is 11.4. The van der Waals surface area contributed by atoms with E-state index in [0.717, 1.165) is 9.64 Å². The second kappa shape index (κ2) is 5.70. The van der Waals surface area contributed by atoms with Gasteiger partial charge in [0, 0.05) is 8.04 Å². The van der Waals surface area contributed by atoms with Crippen LogP contribution in [0.25, 0.3) is 0 Å². The molecule has 0 atom stereocenters. The molecule has 0 N–H and O–H groups in total. The molecule has 19 heavy (non-hydrogen) atoms. The molecule has 0 saturated heterocycles. The topological polar surface area (TPSA) is 9.23 Å². The zero-order valence-corrected chi connectivity index (χ0v) is 13.1. The first-order valence-electron chi connectivity index (χ1n) is 5.16. The molecular weight excluding hydrogens is 436 g/mol. The highest BCUT2D eigenvalue weighted by molar-refractivity contribution is 14.1. The van der Waals surface area contributed by atoms with E-state index in [4.69, 9.17) is 4.74 Å². The Morgan fingerprint density at radius 3 is 2.21 bits per heavy atom. The summed E-state index contributed by atoms with van der Waals surface area (Å²) >= 11 is 5.14. The molecule has 0 aliphatic rings. The monoisotopic (exact) mass is 442 g/mol. The van der Waals surface area contributed by atoms with Crippen molar-refractivity contribution in [1.29, 1.82) is 0 Å². The Hall–Kier alpha value is -0.760. The van der Waals surface area contributed by atoms with Gasteiger partial charge >= 0.3 is 6.18 Å². The molecule has 0 radical (unpaired) electrons. The van der Waals surface area contributed by atoms with Gasteiger partial charge in [0.2, 0.25) is 0 Å². The largest absolute Gasteiger partial charge is 0.457 e. The summed E-state index contributed by atoms with van der Waals surface area (Å²) in [4.78, 5) is 0. The lowest BCUT2D eigenvalue weighted by atomic mass is 10.2. The Morgan fingerprint density at radius 2 is 1.63 bits per heavy atom. The smallest absolute Gasteiger partial charge is 0.420 e. The van der Waals surface area contributed by atoms with E-state index >= 15 is 0 Å². The third-order valence-corrected chi connectivity index (χ3v) is 3.50. The third kappa shape index (κ3) is 3.85. The summed E-state index contributed by atoms with van der Waals surface area (Å²) in [6.07, 6.45) is -4.46. The molecule has 2 aromatic carbocycles. The van der Waals surface area contributed by atoms with E-state index < -0.39 is 11.7 Å². The van der Waals surface area contributed by atoms with Crippen molar-refractivity contribution in [3.05, 3.63) is 56.1 Å². The van der Waals surface area contributed by atoms with Crippen LogP contribution in [0.15, 0.2) is 46.9 Å². The lowest BCUT2D eigenvalue weighted by Crippen LogP contribution is -2.07. The Balaban J connectivity index is 2.37. The van der Waals surface area contributed by atoms with Gasteiger partial charge in [0.25, 0.3) is 0 Å². The molecule has 0 spiro atoms. The molecule has 0 aliphatic carbocycles. The van der Waals surface area contributed by atoms with Crippen molar-refractivity contribution in [2.45, 2.75) is 6.18 Å². The number of alkyl halides is 3. The zero-order valence-electron chi connectivity index (χ0n) is 9.34. The van der Waals surface area contributed by atoms with Crippen LogP contribution in [0.4, 0.5) is 13.2 Å². The maximum absolute atomic E-state index is 12.9. The van der Waals surface area contributed by atoms with E-state index in [-0.39, 0.29) is 5.75 Å². The van der Waals surface area contributed by atoms with E-state index in [1.165, 1.54) is 12.1 Å². The molecule has 0 bridgehead atoms.